The summed E-state index contributed by atoms with van der Waals surface area (Å²) in [5.74, 6) is 0. The standard InChI is InChI=1S/C22H14N2O/c23-15-19-21(17-11-5-2-6-12-17)22(25)20(16-9-3-1-4-10-16)18-13-7-8-14-24(18)19/h1-14H. The van der Waals surface area contributed by atoms with Crippen LogP contribution in [0.5, 0.6) is 0 Å². The highest BCUT2D eigenvalue weighted by atomic mass is 16.1. The second-order valence-corrected chi connectivity index (χ2v) is 5.73. The Bertz CT molecular complexity index is 1150. The van der Waals surface area contributed by atoms with Crippen LogP contribution in [0.25, 0.3) is 27.8 Å². The fourth-order valence-corrected chi connectivity index (χ4v) is 3.18. The van der Waals surface area contributed by atoms with Gasteiger partial charge in [0.1, 0.15) is 11.8 Å². The molecule has 2 aromatic carbocycles. The van der Waals surface area contributed by atoms with Gasteiger partial charge >= 0.3 is 0 Å². The van der Waals surface area contributed by atoms with Crippen LogP contribution in [-0.2, 0) is 0 Å². The Morgan fingerprint density at radius 2 is 1.28 bits per heavy atom. The van der Waals surface area contributed by atoms with Crippen molar-refractivity contribution in [2.45, 2.75) is 0 Å². The van der Waals surface area contributed by atoms with Crippen LogP contribution in [-0.4, -0.2) is 4.40 Å². The average molecular weight is 322 g/mol. The number of nitriles is 1. The zero-order chi connectivity index (χ0) is 17.2. The van der Waals surface area contributed by atoms with Crippen molar-refractivity contribution in [2.75, 3.05) is 0 Å². The summed E-state index contributed by atoms with van der Waals surface area (Å²) in [6, 6.07) is 26.8. The molecule has 0 atom stereocenters. The van der Waals surface area contributed by atoms with Crippen LogP contribution >= 0.6 is 0 Å². The van der Waals surface area contributed by atoms with Crippen LogP contribution in [0.1, 0.15) is 5.69 Å². The summed E-state index contributed by atoms with van der Waals surface area (Å²) in [5.41, 5.74) is 3.60. The van der Waals surface area contributed by atoms with E-state index in [4.69, 9.17) is 0 Å². The molecule has 0 fully saturated rings. The van der Waals surface area contributed by atoms with Gasteiger partial charge in [-0.2, -0.15) is 5.26 Å². The maximum absolute atomic E-state index is 13.4. The molecule has 0 aliphatic rings. The quantitative estimate of drug-likeness (QED) is 0.545. The van der Waals surface area contributed by atoms with Gasteiger partial charge in [0.2, 0.25) is 0 Å². The zero-order valence-corrected chi connectivity index (χ0v) is 13.4. The summed E-state index contributed by atoms with van der Waals surface area (Å²) in [7, 11) is 0. The van der Waals surface area contributed by atoms with Crippen LogP contribution in [0.4, 0.5) is 0 Å². The molecule has 0 saturated heterocycles. The summed E-state index contributed by atoms with van der Waals surface area (Å²) in [4.78, 5) is 13.4. The van der Waals surface area contributed by atoms with E-state index in [1.54, 1.807) is 4.40 Å². The van der Waals surface area contributed by atoms with E-state index in [1.165, 1.54) is 0 Å². The van der Waals surface area contributed by atoms with Gasteiger partial charge in [-0.25, -0.2) is 0 Å². The van der Waals surface area contributed by atoms with Gasteiger partial charge in [0.15, 0.2) is 5.43 Å². The van der Waals surface area contributed by atoms with Crippen LogP contribution < -0.4 is 5.43 Å². The molecular weight excluding hydrogens is 308 g/mol. The van der Waals surface area contributed by atoms with E-state index in [0.717, 1.165) is 16.6 Å². The summed E-state index contributed by atoms with van der Waals surface area (Å²) >= 11 is 0. The van der Waals surface area contributed by atoms with Gasteiger partial charge in [0, 0.05) is 6.20 Å². The van der Waals surface area contributed by atoms with Crippen molar-refractivity contribution in [3.05, 3.63) is 101 Å². The molecule has 4 rings (SSSR count). The van der Waals surface area contributed by atoms with E-state index in [2.05, 4.69) is 6.07 Å². The lowest BCUT2D eigenvalue weighted by Gasteiger charge is -2.14. The molecule has 0 aliphatic carbocycles. The summed E-state index contributed by atoms with van der Waals surface area (Å²) in [5, 5.41) is 9.75. The van der Waals surface area contributed by atoms with Gasteiger partial charge in [-0.15, -0.1) is 0 Å². The van der Waals surface area contributed by atoms with Gasteiger partial charge in [-0.05, 0) is 23.3 Å². The SMILES string of the molecule is N#Cc1c(-c2ccccc2)c(=O)c(-c2ccccc2)c2ccccn12. The monoisotopic (exact) mass is 322 g/mol. The first-order chi connectivity index (χ1) is 12.3. The highest BCUT2D eigenvalue weighted by Gasteiger charge is 2.19. The van der Waals surface area contributed by atoms with Crippen molar-refractivity contribution in [3.63, 3.8) is 0 Å². The minimum atomic E-state index is -0.125. The molecule has 0 saturated carbocycles. The second kappa shape index (κ2) is 6.10. The van der Waals surface area contributed by atoms with E-state index in [0.29, 0.717) is 16.8 Å². The first-order valence-electron chi connectivity index (χ1n) is 7.99. The minimum absolute atomic E-state index is 0.125. The number of benzene rings is 2. The highest BCUT2D eigenvalue weighted by molar-refractivity contribution is 5.86. The number of nitrogens with zero attached hydrogens (tertiary/aromatic N) is 2. The fraction of sp³-hybridized carbons (Fsp3) is 0. The van der Waals surface area contributed by atoms with Crippen LogP contribution in [0.15, 0.2) is 89.9 Å². The molecule has 4 aromatic rings. The molecular formula is C22H14N2O. The van der Waals surface area contributed by atoms with Gasteiger partial charge in [-0.3, -0.25) is 4.79 Å². The van der Waals surface area contributed by atoms with Crippen molar-refractivity contribution < 1.29 is 0 Å². The third kappa shape index (κ3) is 2.41. The third-order valence-electron chi connectivity index (χ3n) is 4.28. The molecule has 0 amide bonds. The highest BCUT2D eigenvalue weighted by Crippen LogP contribution is 2.28. The maximum atomic E-state index is 13.4. The average Bonchev–Trinajstić information content (AvgIpc) is 2.68. The molecule has 0 aliphatic heterocycles. The predicted octanol–water partition coefficient (Wildman–Crippen LogP) is 4.51. The lowest BCUT2D eigenvalue weighted by atomic mass is 9.96. The Balaban J connectivity index is 2.22. The van der Waals surface area contributed by atoms with E-state index in [9.17, 15) is 10.1 Å². The number of hydrogen-bond acceptors (Lipinski definition) is 2. The largest absolute Gasteiger partial charge is 0.307 e. The maximum Gasteiger partial charge on any atom is 0.199 e. The normalized spacial score (nSPS) is 10.5. The molecule has 0 radical (unpaired) electrons. The van der Waals surface area contributed by atoms with Crippen molar-refractivity contribution in [2.24, 2.45) is 0 Å². The summed E-state index contributed by atoms with van der Waals surface area (Å²) < 4.78 is 1.80. The van der Waals surface area contributed by atoms with Crippen LogP contribution in [0.3, 0.4) is 0 Å². The Morgan fingerprint density at radius 1 is 0.720 bits per heavy atom. The Hall–Kier alpha value is -3.64. The molecule has 0 bridgehead atoms. The number of pyridine rings is 2. The minimum Gasteiger partial charge on any atom is -0.307 e. The van der Waals surface area contributed by atoms with E-state index >= 15 is 0 Å². The van der Waals surface area contributed by atoms with Crippen LogP contribution in [0, 0.1) is 11.3 Å². The number of hydrogen-bond donors (Lipinski definition) is 0. The fourth-order valence-electron chi connectivity index (χ4n) is 3.18. The lowest BCUT2D eigenvalue weighted by Crippen LogP contribution is -2.15. The molecule has 3 nitrogen and oxygen atoms in total. The molecule has 2 aromatic heterocycles. The molecule has 0 spiro atoms. The van der Waals surface area contributed by atoms with Crippen molar-refractivity contribution >= 4 is 5.52 Å². The first-order valence-corrected chi connectivity index (χ1v) is 7.99. The van der Waals surface area contributed by atoms with Gasteiger partial charge in [-0.1, -0.05) is 66.7 Å². The third-order valence-corrected chi connectivity index (χ3v) is 4.28. The number of fused-ring (bicyclic) bond motifs is 1. The second-order valence-electron chi connectivity index (χ2n) is 5.73. The Morgan fingerprint density at radius 3 is 1.88 bits per heavy atom. The van der Waals surface area contributed by atoms with Crippen molar-refractivity contribution in [1.82, 2.24) is 4.40 Å². The van der Waals surface area contributed by atoms with E-state index in [-0.39, 0.29) is 5.43 Å². The van der Waals surface area contributed by atoms with Crippen molar-refractivity contribution in [3.8, 4) is 28.3 Å². The summed E-state index contributed by atoms with van der Waals surface area (Å²) in [6.45, 7) is 0. The topological polar surface area (TPSA) is 45.3 Å². The van der Waals surface area contributed by atoms with Gasteiger partial charge in [0.05, 0.1) is 16.6 Å². The van der Waals surface area contributed by atoms with Gasteiger partial charge in [0.25, 0.3) is 0 Å². The molecule has 0 unspecified atom stereocenters. The molecule has 3 heteroatoms. The smallest absolute Gasteiger partial charge is 0.199 e. The predicted molar refractivity (Wildman–Crippen MR) is 99.3 cm³/mol. The Labute approximate surface area is 145 Å². The molecule has 2 heterocycles. The van der Waals surface area contributed by atoms with Crippen LogP contribution in [0.2, 0.25) is 0 Å². The van der Waals surface area contributed by atoms with E-state index in [1.807, 2.05) is 85.1 Å². The summed E-state index contributed by atoms with van der Waals surface area (Å²) in [6.07, 6.45) is 1.83. The molecule has 25 heavy (non-hydrogen) atoms. The number of aromatic nitrogens is 1. The lowest BCUT2D eigenvalue weighted by molar-refractivity contribution is 1.12. The Kier molecular flexibility index (Phi) is 3.64. The van der Waals surface area contributed by atoms with Crippen molar-refractivity contribution in [1.29, 1.82) is 5.26 Å². The first kappa shape index (κ1) is 14.9. The van der Waals surface area contributed by atoms with Gasteiger partial charge < -0.3 is 4.40 Å². The number of rotatable bonds is 2. The molecule has 0 N–H and O–H groups in total. The molecule has 118 valence electrons. The zero-order valence-electron chi connectivity index (χ0n) is 13.4. The van der Waals surface area contributed by atoms with E-state index < -0.39 is 0 Å².